The highest BCUT2D eigenvalue weighted by Crippen LogP contribution is 2.28. The molecule has 1 unspecified atom stereocenters. The first-order chi connectivity index (χ1) is 13.0. The lowest BCUT2D eigenvalue weighted by Crippen LogP contribution is -2.54. The lowest BCUT2D eigenvalue weighted by Gasteiger charge is -2.27. The Kier molecular flexibility index (Phi) is 5.82. The van der Waals surface area contributed by atoms with Crippen LogP contribution in [0.2, 0.25) is 0 Å². The van der Waals surface area contributed by atoms with E-state index in [-0.39, 0.29) is 42.3 Å². The molecule has 0 bridgehead atoms. The molecule has 1 aromatic rings. The molecule has 0 aliphatic carbocycles. The van der Waals surface area contributed by atoms with Gasteiger partial charge in [0.1, 0.15) is 6.04 Å². The van der Waals surface area contributed by atoms with Gasteiger partial charge in [-0.1, -0.05) is 11.8 Å². The SMILES string of the molecule is Cl.O=C1CCC(N2C(=O)c3ccc(C#CC4CCNCC4)cc3C2=O)C(=O)N1. The molecule has 0 radical (unpaired) electrons. The molecule has 28 heavy (non-hydrogen) atoms. The number of carbonyl (C=O) groups excluding carboxylic acids is 4. The summed E-state index contributed by atoms with van der Waals surface area (Å²) in [6.07, 6.45) is 2.26. The largest absolute Gasteiger partial charge is 0.317 e. The average molecular weight is 402 g/mol. The highest BCUT2D eigenvalue weighted by molar-refractivity contribution is 6.23. The molecule has 146 valence electrons. The number of carbonyl (C=O) groups is 4. The molecular weight excluding hydrogens is 382 g/mol. The minimum atomic E-state index is -0.945. The van der Waals surface area contributed by atoms with Crippen LogP contribution in [0.25, 0.3) is 0 Å². The lowest BCUT2D eigenvalue weighted by atomic mass is 9.98. The fourth-order valence-electron chi connectivity index (χ4n) is 3.70. The summed E-state index contributed by atoms with van der Waals surface area (Å²) < 4.78 is 0. The van der Waals surface area contributed by atoms with E-state index in [0.29, 0.717) is 11.5 Å². The number of piperidine rings is 2. The van der Waals surface area contributed by atoms with Gasteiger partial charge in [0, 0.05) is 17.9 Å². The Morgan fingerprint density at radius 2 is 1.68 bits per heavy atom. The summed E-state index contributed by atoms with van der Waals surface area (Å²) in [4.78, 5) is 49.8. The van der Waals surface area contributed by atoms with Crippen molar-refractivity contribution in [3.63, 3.8) is 0 Å². The molecule has 2 fully saturated rings. The van der Waals surface area contributed by atoms with Gasteiger partial charge < -0.3 is 5.32 Å². The van der Waals surface area contributed by atoms with Crippen molar-refractivity contribution in [3.8, 4) is 11.8 Å². The van der Waals surface area contributed by atoms with E-state index in [0.717, 1.165) is 30.8 Å². The fraction of sp³-hybridized carbons (Fsp3) is 0.400. The molecule has 2 saturated heterocycles. The van der Waals surface area contributed by atoms with Gasteiger partial charge >= 0.3 is 0 Å². The van der Waals surface area contributed by atoms with Gasteiger partial charge in [0.15, 0.2) is 0 Å². The Labute approximate surface area is 168 Å². The summed E-state index contributed by atoms with van der Waals surface area (Å²) >= 11 is 0. The zero-order chi connectivity index (χ0) is 19.0. The zero-order valence-electron chi connectivity index (χ0n) is 15.1. The van der Waals surface area contributed by atoms with E-state index in [2.05, 4.69) is 22.5 Å². The number of hydrogen-bond acceptors (Lipinski definition) is 5. The maximum Gasteiger partial charge on any atom is 0.262 e. The second-order valence-corrected chi connectivity index (χ2v) is 7.00. The number of halogens is 1. The predicted molar refractivity (Wildman–Crippen MR) is 103 cm³/mol. The predicted octanol–water partition coefficient (Wildman–Crippen LogP) is 0.861. The van der Waals surface area contributed by atoms with E-state index >= 15 is 0 Å². The molecule has 7 nitrogen and oxygen atoms in total. The third-order valence-electron chi connectivity index (χ3n) is 5.20. The van der Waals surface area contributed by atoms with Crippen molar-refractivity contribution in [1.82, 2.24) is 15.5 Å². The molecular formula is C20H20ClN3O4. The van der Waals surface area contributed by atoms with Crippen LogP contribution in [0.3, 0.4) is 0 Å². The molecule has 1 aromatic carbocycles. The van der Waals surface area contributed by atoms with Gasteiger partial charge in [-0.3, -0.25) is 29.4 Å². The summed E-state index contributed by atoms with van der Waals surface area (Å²) in [6.45, 7) is 1.91. The minimum Gasteiger partial charge on any atom is -0.317 e. The van der Waals surface area contributed by atoms with Gasteiger partial charge in [0.05, 0.1) is 11.1 Å². The van der Waals surface area contributed by atoms with Crippen LogP contribution in [-0.4, -0.2) is 47.7 Å². The van der Waals surface area contributed by atoms with Crippen molar-refractivity contribution in [3.05, 3.63) is 34.9 Å². The molecule has 0 saturated carbocycles. The number of rotatable bonds is 1. The Balaban J connectivity index is 0.00000225. The molecule has 3 aliphatic heterocycles. The Morgan fingerprint density at radius 3 is 2.39 bits per heavy atom. The maximum atomic E-state index is 12.8. The second kappa shape index (κ2) is 8.13. The molecule has 2 N–H and O–H groups in total. The molecule has 8 heteroatoms. The molecule has 4 amide bonds. The van der Waals surface area contributed by atoms with Crippen molar-refractivity contribution in [1.29, 1.82) is 0 Å². The van der Waals surface area contributed by atoms with Gasteiger partial charge in [-0.15, -0.1) is 12.4 Å². The summed E-state index contributed by atoms with van der Waals surface area (Å²) in [5.41, 5.74) is 1.22. The molecule has 0 spiro atoms. The Bertz CT molecular complexity index is 912. The number of fused-ring (bicyclic) bond motifs is 1. The van der Waals surface area contributed by atoms with E-state index < -0.39 is 23.8 Å². The maximum absolute atomic E-state index is 12.8. The van der Waals surface area contributed by atoms with Crippen LogP contribution in [0.5, 0.6) is 0 Å². The molecule has 1 atom stereocenters. The molecule has 3 aliphatic rings. The zero-order valence-corrected chi connectivity index (χ0v) is 15.9. The number of imide groups is 2. The Morgan fingerprint density at radius 1 is 0.964 bits per heavy atom. The number of nitrogens with one attached hydrogen (secondary N) is 2. The summed E-state index contributed by atoms with van der Waals surface area (Å²) in [5, 5.41) is 5.48. The van der Waals surface area contributed by atoms with Crippen molar-refractivity contribution in [2.24, 2.45) is 5.92 Å². The minimum absolute atomic E-state index is 0. The van der Waals surface area contributed by atoms with Crippen LogP contribution >= 0.6 is 12.4 Å². The lowest BCUT2D eigenvalue weighted by molar-refractivity contribution is -0.136. The van der Waals surface area contributed by atoms with Crippen LogP contribution in [0.15, 0.2) is 18.2 Å². The number of amides is 4. The van der Waals surface area contributed by atoms with Crippen LogP contribution in [0.4, 0.5) is 0 Å². The highest BCUT2D eigenvalue weighted by atomic mass is 35.5. The van der Waals surface area contributed by atoms with Gasteiger partial charge in [-0.05, 0) is 50.6 Å². The first kappa shape index (κ1) is 20.1. The quantitative estimate of drug-likeness (QED) is 0.537. The normalized spacial score (nSPS) is 22.1. The second-order valence-electron chi connectivity index (χ2n) is 7.00. The molecule has 3 heterocycles. The summed E-state index contributed by atoms with van der Waals surface area (Å²) in [7, 11) is 0. The van der Waals surface area contributed by atoms with Gasteiger partial charge in [-0.2, -0.15) is 0 Å². The monoisotopic (exact) mass is 401 g/mol. The van der Waals surface area contributed by atoms with E-state index in [9.17, 15) is 19.2 Å². The van der Waals surface area contributed by atoms with Crippen LogP contribution in [0.1, 0.15) is 52.0 Å². The summed E-state index contributed by atoms with van der Waals surface area (Å²) in [5.74, 6) is 4.68. The average Bonchev–Trinajstić information content (AvgIpc) is 2.92. The van der Waals surface area contributed by atoms with Gasteiger partial charge in [0.25, 0.3) is 11.8 Å². The van der Waals surface area contributed by atoms with E-state index in [4.69, 9.17) is 0 Å². The van der Waals surface area contributed by atoms with E-state index in [1.807, 2.05) is 0 Å². The Hall–Kier alpha value is -2.69. The van der Waals surface area contributed by atoms with Crippen molar-refractivity contribution >= 4 is 36.0 Å². The molecule has 0 aromatic heterocycles. The standard InChI is InChI=1S/C20H19N3O4.ClH/c24-17-6-5-16(18(25)22-17)23-19(26)14-4-3-13(11-15(14)20(23)27)2-1-12-7-9-21-10-8-12;/h3-4,11-12,16,21H,5-10H2,(H,22,24,25);1H. The van der Waals surface area contributed by atoms with Crippen molar-refractivity contribution in [2.45, 2.75) is 31.7 Å². The highest BCUT2D eigenvalue weighted by Gasteiger charge is 2.44. The third-order valence-corrected chi connectivity index (χ3v) is 5.20. The summed E-state index contributed by atoms with van der Waals surface area (Å²) in [6, 6.07) is 3.99. The number of nitrogens with zero attached hydrogens (tertiary/aromatic N) is 1. The number of hydrogen-bond donors (Lipinski definition) is 2. The van der Waals surface area contributed by atoms with Gasteiger partial charge in [-0.25, -0.2) is 0 Å². The van der Waals surface area contributed by atoms with E-state index in [1.54, 1.807) is 18.2 Å². The van der Waals surface area contributed by atoms with Crippen LogP contribution in [0, 0.1) is 17.8 Å². The fourth-order valence-corrected chi connectivity index (χ4v) is 3.70. The third kappa shape index (κ3) is 3.66. The van der Waals surface area contributed by atoms with Crippen LogP contribution < -0.4 is 10.6 Å². The van der Waals surface area contributed by atoms with E-state index in [1.165, 1.54) is 0 Å². The van der Waals surface area contributed by atoms with Crippen molar-refractivity contribution in [2.75, 3.05) is 13.1 Å². The van der Waals surface area contributed by atoms with Crippen LogP contribution in [-0.2, 0) is 9.59 Å². The van der Waals surface area contributed by atoms with Gasteiger partial charge in [0.2, 0.25) is 11.8 Å². The topological polar surface area (TPSA) is 95.6 Å². The first-order valence-corrected chi connectivity index (χ1v) is 9.12. The first-order valence-electron chi connectivity index (χ1n) is 9.12. The number of benzene rings is 1. The van der Waals surface area contributed by atoms with Crippen molar-refractivity contribution < 1.29 is 19.2 Å². The molecule has 4 rings (SSSR count). The smallest absolute Gasteiger partial charge is 0.262 e.